The fourth-order valence-corrected chi connectivity index (χ4v) is 3.48. The summed E-state index contributed by atoms with van der Waals surface area (Å²) in [5.74, 6) is 0.649. The molecule has 132 valence electrons. The van der Waals surface area contributed by atoms with Crippen molar-refractivity contribution in [1.29, 1.82) is 5.26 Å². The molecule has 27 heavy (non-hydrogen) atoms. The summed E-state index contributed by atoms with van der Waals surface area (Å²) in [5.41, 5.74) is 6.67. The molecule has 0 spiro atoms. The van der Waals surface area contributed by atoms with Crippen molar-refractivity contribution in [3.8, 4) is 17.3 Å². The minimum atomic E-state index is 0.406. The highest BCUT2D eigenvalue weighted by Gasteiger charge is 2.23. The molecule has 0 radical (unpaired) electrons. The van der Waals surface area contributed by atoms with Crippen LogP contribution in [0.5, 0.6) is 0 Å². The maximum Gasteiger partial charge on any atom is 0.178 e. The molecule has 7 nitrogen and oxygen atoms in total. The van der Waals surface area contributed by atoms with Crippen LogP contribution in [0, 0.1) is 11.3 Å². The van der Waals surface area contributed by atoms with Crippen LogP contribution < -0.4 is 10.6 Å². The molecule has 0 saturated heterocycles. The molecule has 4 aromatic rings. The Kier molecular flexibility index (Phi) is 3.73. The van der Waals surface area contributed by atoms with Gasteiger partial charge in [0.2, 0.25) is 0 Å². The molecule has 1 aliphatic rings. The number of thiazole rings is 1. The maximum absolute atomic E-state index is 9.33. The van der Waals surface area contributed by atoms with Crippen molar-refractivity contribution < 1.29 is 0 Å². The summed E-state index contributed by atoms with van der Waals surface area (Å²) in [5, 5.41) is 22.7. The Labute approximate surface area is 159 Å². The fourth-order valence-electron chi connectivity index (χ4n) is 2.92. The third-order valence-electron chi connectivity index (χ3n) is 4.38. The standard InChI is InChI=1S/C19H15N7S/c20-8-15-9-21-19-16(23-13-4-5-13)7-18(25-26(15)19)24-14-3-1-2-12(6-14)17-10-27-11-22-17/h1-3,6-7,9-11,13,23H,4-5H2,(H,24,25). The first kappa shape index (κ1) is 15.8. The SMILES string of the molecule is N#Cc1cnc2c(NC3CC3)cc(Nc3cccc(-c4cscn4)c3)nn12. The fraction of sp³-hybridized carbons (Fsp3) is 0.158. The number of hydrogen-bond acceptors (Lipinski definition) is 7. The van der Waals surface area contributed by atoms with Crippen molar-refractivity contribution in [2.75, 3.05) is 10.6 Å². The zero-order valence-corrected chi connectivity index (χ0v) is 15.1. The quantitative estimate of drug-likeness (QED) is 0.549. The number of hydrogen-bond donors (Lipinski definition) is 2. The van der Waals surface area contributed by atoms with E-state index in [0.717, 1.165) is 35.5 Å². The Bertz CT molecular complexity index is 1150. The van der Waals surface area contributed by atoms with E-state index in [2.05, 4.69) is 31.8 Å². The van der Waals surface area contributed by atoms with Gasteiger partial charge in [-0.15, -0.1) is 16.4 Å². The first-order valence-corrected chi connectivity index (χ1v) is 9.55. The van der Waals surface area contributed by atoms with Crippen molar-refractivity contribution in [1.82, 2.24) is 19.6 Å². The number of benzene rings is 1. The summed E-state index contributed by atoms with van der Waals surface area (Å²) in [4.78, 5) is 8.71. The predicted octanol–water partition coefficient (Wildman–Crippen LogP) is 4.04. The van der Waals surface area contributed by atoms with Crippen molar-refractivity contribution in [3.63, 3.8) is 0 Å². The number of imidazole rings is 1. The van der Waals surface area contributed by atoms with Gasteiger partial charge in [-0.05, 0) is 25.0 Å². The Morgan fingerprint density at radius 3 is 2.93 bits per heavy atom. The van der Waals surface area contributed by atoms with Crippen LogP contribution in [0.25, 0.3) is 16.9 Å². The predicted molar refractivity (Wildman–Crippen MR) is 105 cm³/mol. The number of nitrogens with one attached hydrogen (secondary N) is 2. The monoisotopic (exact) mass is 373 g/mol. The number of nitriles is 1. The third-order valence-corrected chi connectivity index (χ3v) is 4.97. The van der Waals surface area contributed by atoms with Gasteiger partial charge < -0.3 is 10.6 Å². The van der Waals surface area contributed by atoms with E-state index >= 15 is 0 Å². The molecule has 1 saturated carbocycles. The van der Waals surface area contributed by atoms with Gasteiger partial charge >= 0.3 is 0 Å². The highest BCUT2D eigenvalue weighted by atomic mass is 32.1. The minimum absolute atomic E-state index is 0.406. The van der Waals surface area contributed by atoms with Gasteiger partial charge in [0, 0.05) is 28.7 Å². The first-order chi connectivity index (χ1) is 13.3. The van der Waals surface area contributed by atoms with Crippen LogP contribution in [-0.2, 0) is 0 Å². The highest BCUT2D eigenvalue weighted by Crippen LogP contribution is 2.30. The third kappa shape index (κ3) is 3.09. The number of fused-ring (bicyclic) bond motifs is 1. The summed E-state index contributed by atoms with van der Waals surface area (Å²) < 4.78 is 1.58. The van der Waals surface area contributed by atoms with Crippen LogP contribution in [0.4, 0.5) is 17.2 Å². The second-order valence-corrected chi connectivity index (χ2v) is 7.15. The molecule has 1 aromatic carbocycles. The molecule has 8 heteroatoms. The van der Waals surface area contributed by atoms with E-state index in [9.17, 15) is 5.26 Å². The van der Waals surface area contributed by atoms with Crippen LogP contribution in [0.3, 0.4) is 0 Å². The van der Waals surface area contributed by atoms with Gasteiger partial charge in [0.15, 0.2) is 17.2 Å². The van der Waals surface area contributed by atoms with Crippen LogP contribution in [0.2, 0.25) is 0 Å². The van der Waals surface area contributed by atoms with E-state index in [0.29, 0.717) is 23.2 Å². The molecule has 0 unspecified atom stereocenters. The van der Waals surface area contributed by atoms with Gasteiger partial charge in [-0.25, -0.2) is 9.97 Å². The summed E-state index contributed by atoms with van der Waals surface area (Å²) >= 11 is 1.57. The van der Waals surface area contributed by atoms with Crippen LogP contribution in [0.15, 0.2) is 47.4 Å². The maximum atomic E-state index is 9.33. The highest BCUT2D eigenvalue weighted by molar-refractivity contribution is 7.07. The van der Waals surface area contributed by atoms with E-state index in [1.54, 1.807) is 22.0 Å². The Balaban J connectivity index is 1.53. The second kappa shape index (κ2) is 6.37. The largest absolute Gasteiger partial charge is 0.379 e. The molecule has 0 aliphatic heterocycles. The Morgan fingerprint density at radius 1 is 1.22 bits per heavy atom. The Morgan fingerprint density at radius 2 is 2.15 bits per heavy atom. The molecular formula is C19H15N7S. The lowest BCUT2D eigenvalue weighted by atomic mass is 10.1. The van der Waals surface area contributed by atoms with Gasteiger partial charge in [-0.1, -0.05) is 12.1 Å². The van der Waals surface area contributed by atoms with E-state index in [-0.39, 0.29) is 0 Å². The van der Waals surface area contributed by atoms with Gasteiger partial charge in [0.25, 0.3) is 0 Å². The van der Waals surface area contributed by atoms with Crippen LogP contribution in [-0.4, -0.2) is 25.6 Å². The average molecular weight is 373 g/mol. The molecule has 2 N–H and O–H groups in total. The van der Waals surface area contributed by atoms with E-state index in [4.69, 9.17) is 0 Å². The molecule has 0 bridgehead atoms. The van der Waals surface area contributed by atoms with Crippen molar-refractivity contribution >= 4 is 34.2 Å². The lowest BCUT2D eigenvalue weighted by molar-refractivity contribution is 0.924. The molecule has 0 atom stereocenters. The lowest BCUT2D eigenvalue weighted by Gasteiger charge is -2.11. The summed E-state index contributed by atoms with van der Waals surface area (Å²) in [6.07, 6.45) is 3.85. The zero-order chi connectivity index (χ0) is 18.2. The minimum Gasteiger partial charge on any atom is -0.379 e. The number of nitrogens with zero attached hydrogens (tertiary/aromatic N) is 5. The van der Waals surface area contributed by atoms with E-state index in [1.165, 1.54) is 0 Å². The van der Waals surface area contributed by atoms with E-state index in [1.807, 2.05) is 41.2 Å². The van der Waals surface area contributed by atoms with Crippen LogP contribution >= 0.6 is 11.3 Å². The average Bonchev–Trinajstić information content (AvgIpc) is 3.18. The number of aromatic nitrogens is 4. The Hall–Kier alpha value is -3.44. The molecule has 3 heterocycles. The molecule has 3 aromatic heterocycles. The van der Waals surface area contributed by atoms with Gasteiger partial charge in [-0.2, -0.15) is 9.78 Å². The van der Waals surface area contributed by atoms with E-state index < -0.39 is 0 Å². The number of anilines is 3. The zero-order valence-electron chi connectivity index (χ0n) is 14.3. The summed E-state index contributed by atoms with van der Waals surface area (Å²) in [6, 6.07) is 12.6. The van der Waals surface area contributed by atoms with Gasteiger partial charge in [-0.3, -0.25) is 0 Å². The number of rotatable bonds is 5. The lowest BCUT2D eigenvalue weighted by Crippen LogP contribution is -2.07. The smallest absolute Gasteiger partial charge is 0.178 e. The molecular weight excluding hydrogens is 358 g/mol. The van der Waals surface area contributed by atoms with Crippen molar-refractivity contribution in [3.05, 3.63) is 53.1 Å². The summed E-state index contributed by atoms with van der Waals surface area (Å²) in [6.45, 7) is 0. The molecule has 1 aliphatic carbocycles. The van der Waals surface area contributed by atoms with Gasteiger partial charge in [0.1, 0.15) is 6.07 Å². The topological polar surface area (TPSA) is 90.9 Å². The normalized spacial score (nSPS) is 13.4. The molecule has 1 fully saturated rings. The molecule has 5 rings (SSSR count). The van der Waals surface area contributed by atoms with Crippen LogP contribution in [0.1, 0.15) is 18.5 Å². The second-order valence-electron chi connectivity index (χ2n) is 6.43. The summed E-state index contributed by atoms with van der Waals surface area (Å²) in [7, 11) is 0. The van der Waals surface area contributed by atoms with Gasteiger partial charge in [0.05, 0.1) is 23.1 Å². The first-order valence-electron chi connectivity index (χ1n) is 8.61. The van der Waals surface area contributed by atoms with Crippen molar-refractivity contribution in [2.24, 2.45) is 0 Å². The van der Waals surface area contributed by atoms with Crippen molar-refractivity contribution in [2.45, 2.75) is 18.9 Å². The molecule has 0 amide bonds.